The summed E-state index contributed by atoms with van der Waals surface area (Å²) in [5, 5.41) is 11.0. The number of aryl methyl sites for hydroxylation is 1. The molecule has 0 saturated carbocycles. The van der Waals surface area contributed by atoms with Crippen LogP contribution in [0.25, 0.3) is 11.5 Å². The zero-order valence-corrected chi connectivity index (χ0v) is 17.4. The van der Waals surface area contributed by atoms with Gasteiger partial charge in [-0.1, -0.05) is 11.8 Å². The molecule has 2 aromatic heterocycles. The first-order valence-corrected chi connectivity index (χ1v) is 10.7. The van der Waals surface area contributed by atoms with Crippen LogP contribution in [-0.2, 0) is 4.79 Å². The van der Waals surface area contributed by atoms with Gasteiger partial charge in [0.1, 0.15) is 5.76 Å². The number of hydrogen-bond donors (Lipinski definition) is 1. The first kappa shape index (κ1) is 19.6. The Morgan fingerprint density at radius 3 is 2.59 bits per heavy atom. The number of furan rings is 1. The van der Waals surface area contributed by atoms with E-state index in [0.29, 0.717) is 16.9 Å². The summed E-state index contributed by atoms with van der Waals surface area (Å²) in [6.45, 7) is 5.85. The van der Waals surface area contributed by atoms with E-state index in [1.165, 1.54) is 36.7 Å². The fraction of sp³-hybridized carbons (Fsp3) is 0.381. The van der Waals surface area contributed by atoms with Crippen LogP contribution in [0.1, 0.15) is 31.9 Å². The minimum absolute atomic E-state index is 0.111. The number of piperidine rings is 1. The molecule has 3 heterocycles. The van der Waals surface area contributed by atoms with E-state index in [2.05, 4.69) is 32.5 Å². The Morgan fingerprint density at radius 2 is 1.90 bits per heavy atom. The van der Waals surface area contributed by atoms with Crippen molar-refractivity contribution in [3.63, 3.8) is 0 Å². The topological polar surface area (TPSA) is 84.4 Å². The van der Waals surface area contributed by atoms with Gasteiger partial charge in [-0.15, -0.1) is 10.2 Å². The zero-order valence-electron chi connectivity index (χ0n) is 16.6. The van der Waals surface area contributed by atoms with Gasteiger partial charge in [0, 0.05) is 24.5 Å². The van der Waals surface area contributed by atoms with Crippen molar-refractivity contribution in [3.05, 3.63) is 42.4 Å². The number of nitrogens with one attached hydrogen (secondary N) is 1. The average molecular weight is 413 g/mol. The van der Waals surface area contributed by atoms with Gasteiger partial charge in [0.25, 0.3) is 11.1 Å². The molecule has 1 aliphatic rings. The fourth-order valence-corrected chi connectivity index (χ4v) is 4.01. The van der Waals surface area contributed by atoms with E-state index < -0.39 is 0 Å². The van der Waals surface area contributed by atoms with Gasteiger partial charge < -0.3 is 19.1 Å². The number of hydrogen-bond acceptors (Lipinski definition) is 7. The van der Waals surface area contributed by atoms with Crippen molar-refractivity contribution < 1.29 is 13.6 Å². The molecule has 29 heavy (non-hydrogen) atoms. The molecule has 0 bridgehead atoms. The number of nitrogens with zero attached hydrogens (tertiary/aromatic N) is 3. The van der Waals surface area contributed by atoms with Gasteiger partial charge in [0.05, 0.1) is 17.1 Å². The second-order valence-corrected chi connectivity index (χ2v) is 8.40. The number of benzene rings is 1. The van der Waals surface area contributed by atoms with Crippen LogP contribution >= 0.6 is 11.8 Å². The largest absolute Gasteiger partial charge is 0.469 e. The molecule has 1 saturated heterocycles. The van der Waals surface area contributed by atoms with Crippen molar-refractivity contribution in [1.29, 1.82) is 0 Å². The number of aromatic nitrogens is 2. The second kappa shape index (κ2) is 8.73. The van der Waals surface area contributed by atoms with Gasteiger partial charge >= 0.3 is 0 Å². The Kier molecular flexibility index (Phi) is 5.89. The summed E-state index contributed by atoms with van der Waals surface area (Å²) < 4.78 is 10.9. The van der Waals surface area contributed by atoms with Crippen molar-refractivity contribution in [2.24, 2.45) is 0 Å². The Hall–Kier alpha value is -2.74. The number of amides is 1. The highest BCUT2D eigenvalue weighted by Crippen LogP contribution is 2.29. The minimum atomic E-state index is -0.379. The summed E-state index contributed by atoms with van der Waals surface area (Å²) in [6, 6.07) is 9.81. The number of carbonyl (C=O) groups is 1. The van der Waals surface area contributed by atoms with E-state index >= 15 is 0 Å². The molecule has 1 aromatic carbocycles. The van der Waals surface area contributed by atoms with Crippen LogP contribution in [0.2, 0.25) is 0 Å². The molecule has 4 rings (SSSR count). The molecule has 1 amide bonds. The third-order valence-corrected chi connectivity index (χ3v) is 5.93. The van der Waals surface area contributed by atoms with Crippen LogP contribution in [0.3, 0.4) is 0 Å². The summed E-state index contributed by atoms with van der Waals surface area (Å²) in [7, 11) is 0. The lowest BCUT2D eigenvalue weighted by molar-refractivity contribution is -0.115. The van der Waals surface area contributed by atoms with Gasteiger partial charge in [-0.3, -0.25) is 4.79 Å². The monoisotopic (exact) mass is 412 g/mol. The summed E-state index contributed by atoms with van der Waals surface area (Å²) in [6.07, 6.45) is 5.37. The van der Waals surface area contributed by atoms with Gasteiger partial charge in [-0.05, 0) is 63.4 Å². The predicted octanol–water partition coefficient (Wildman–Crippen LogP) is 4.75. The number of thioether (sulfide) groups is 1. The molecule has 1 fully saturated rings. The van der Waals surface area contributed by atoms with Gasteiger partial charge in [-0.2, -0.15) is 0 Å². The SMILES string of the molecule is Cc1occc1-c1nnc(S[C@@H](C)C(=O)Nc2ccc(N3CCCCC3)cc2)o1. The molecule has 0 aliphatic carbocycles. The molecule has 1 atom stereocenters. The number of anilines is 2. The van der Waals surface area contributed by atoms with Gasteiger partial charge in [0.15, 0.2) is 0 Å². The van der Waals surface area contributed by atoms with Crippen LogP contribution < -0.4 is 10.2 Å². The van der Waals surface area contributed by atoms with Crippen LogP contribution in [0.5, 0.6) is 0 Å². The lowest BCUT2D eigenvalue weighted by Crippen LogP contribution is -2.29. The minimum Gasteiger partial charge on any atom is -0.469 e. The fourth-order valence-electron chi connectivity index (χ4n) is 3.33. The molecule has 8 heteroatoms. The van der Waals surface area contributed by atoms with Crippen LogP contribution in [0.15, 0.2) is 50.7 Å². The number of rotatable bonds is 6. The first-order valence-electron chi connectivity index (χ1n) is 9.80. The lowest BCUT2D eigenvalue weighted by atomic mass is 10.1. The molecule has 7 nitrogen and oxygen atoms in total. The smallest absolute Gasteiger partial charge is 0.277 e. The first-order chi connectivity index (χ1) is 14.1. The van der Waals surface area contributed by atoms with Crippen LogP contribution in [0, 0.1) is 6.92 Å². The molecule has 3 aromatic rings. The van der Waals surface area contributed by atoms with E-state index in [4.69, 9.17) is 8.83 Å². The van der Waals surface area contributed by atoms with Crippen LogP contribution in [0.4, 0.5) is 11.4 Å². The quantitative estimate of drug-likeness (QED) is 0.585. The molecule has 0 spiro atoms. The van der Waals surface area contributed by atoms with E-state index in [1.54, 1.807) is 12.3 Å². The highest BCUT2D eigenvalue weighted by Gasteiger charge is 2.20. The highest BCUT2D eigenvalue weighted by molar-refractivity contribution is 8.00. The van der Waals surface area contributed by atoms with Crippen molar-refractivity contribution >= 4 is 29.0 Å². The maximum absolute atomic E-state index is 12.5. The van der Waals surface area contributed by atoms with E-state index in [1.807, 2.05) is 26.0 Å². The molecule has 1 aliphatic heterocycles. The maximum atomic E-state index is 12.5. The Bertz CT molecular complexity index is 960. The maximum Gasteiger partial charge on any atom is 0.277 e. The lowest BCUT2D eigenvalue weighted by Gasteiger charge is -2.28. The average Bonchev–Trinajstić information content (AvgIpc) is 3.37. The van der Waals surface area contributed by atoms with E-state index in [0.717, 1.165) is 24.3 Å². The third kappa shape index (κ3) is 4.64. The summed E-state index contributed by atoms with van der Waals surface area (Å²) in [5.74, 6) is 0.989. The second-order valence-electron chi connectivity index (χ2n) is 7.11. The normalized spacial score (nSPS) is 15.3. The van der Waals surface area contributed by atoms with Crippen molar-refractivity contribution in [1.82, 2.24) is 10.2 Å². The van der Waals surface area contributed by atoms with Crippen molar-refractivity contribution in [2.75, 3.05) is 23.3 Å². The van der Waals surface area contributed by atoms with Gasteiger partial charge in [0.2, 0.25) is 5.91 Å². The van der Waals surface area contributed by atoms with Gasteiger partial charge in [-0.25, -0.2) is 0 Å². The molecule has 0 radical (unpaired) electrons. The summed E-state index contributed by atoms with van der Waals surface area (Å²) in [5.41, 5.74) is 2.75. The standard InChI is InChI=1S/C21H24N4O3S/c1-14-18(10-13-27-14)20-23-24-21(28-20)29-15(2)19(26)22-16-6-8-17(9-7-16)25-11-4-3-5-12-25/h6-10,13,15H,3-5,11-12H2,1-2H3,(H,22,26)/t15-/m0/s1. The van der Waals surface area contributed by atoms with Crippen molar-refractivity contribution in [2.45, 2.75) is 43.6 Å². The number of carbonyl (C=O) groups excluding carboxylic acids is 1. The Labute approximate surface area is 173 Å². The summed E-state index contributed by atoms with van der Waals surface area (Å²) in [4.78, 5) is 14.9. The Morgan fingerprint density at radius 1 is 1.14 bits per heavy atom. The molecular weight excluding hydrogens is 388 g/mol. The molecule has 0 unspecified atom stereocenters. The molecular formula is C21H24N4O3S. The van der Waals surface area contributed by atoms with Crippen molar-refractivity contribution in [3.8, 4) is 11.5 Å². The zero-order chi connectivity index (χ0) is 20.2. The van der Waals surface area contributed by atoms with Crippen LogP contribution in [-0.4, -0.2) is 34.4 Å². The highest BCUT2D eigenvalue weighted by atomic mass is 32.2. The van der Waals surface area contributed by atoms with E-state index in [9.17, 15) is 4.79 Å². The summed E-state index contributed by atoms with van der Waals surface area (Å²) >= 11 is 1.23. The molecule has 152 valence electrons. The molecule has 1 N–H and O–H groups in total. The van der Waals surface area contributed by atoms with E-state index in [-0.39, 0.29) is 11.2 Å². The third-order valence-electron chi connectivity index (χ3n) is 5.00. The predicted molar refractivity (Wildman–Crippen MR) is 113 cm³/mol. The Balaban J connectivity index is 1.33.